The maximum atomic E-state index is 11.7. The van der Waals surface area contributed by atoms with Crippen LogP contribution in [0, 0.1) is 5.41 Å². The van der Waals surface area contributed by atoms with Gasteiger partial charge in [0.05, 0.1) is 5.75 Å². The first-order valence-corrected chi connectivity index (χ1v) is 8.26. The molecule has 2 N–H and O–H groups in total. The summed E-state index contributed by atoms with van der Waals surface area (Å²) in [6.07, 6.45) is 7.43. The zero-order valence-corrected chi connectivity index (χ0v) is 11.2. The molecule has 1 aliphatic rings. The van der Waals surface area contributed by atoms with Crippen molar-refractivity contribution in [2.45, 2.75) is 51.9 Å². The first-order valence-electron chi connectivity index (χ1n) is 6.44. The summed E-state index contributed by atoms with van der Waals surface area (Å²) in [6.45, 7) is 2.56. The summed E-state index contributed by atoms with van der Waals surface area (Å²) in [4.78, 5) is 0. The van der Waals surface area contributed by atoms with Crippen LogP contribution in [0.2, 0.25) is 0 Å². The minimum absolute atomic E-state index is 0.124. The third kappa shape index (κ3) is 4.06. The first-order chi connectivity index (χ1) is 7.54. The Balaban J connectivity index is 2.50. The minimum Gasteiger partial charge on any atom is -0.330 e. The van der Waals surface area contributed by atoms with Gasteiger partial charge in [0.15, 0.2) is 0 Å². The minimum atomic E-state index is -2.83. The lowest BCUT2D eigenvalue weighted by molar-refractivity contribution is 0.191. The van der Waals surface area contributed by atoms with Crippen molar-refractivity contribution in [3.8, 4) is 0 Å². The molecule has 0 aliphatic heterocycles. The van der Waals surface area contributed by atoms with E-state index in [9.17, 15) is 8.42 Å². The smallest absolute Gasteiger partial charge is 0.150 e. The molecule has 0 aromatic rings. The standard InChI is InChI=1S/C12H25NO2S/c1-2-9-16(14,15)10-8-12(11-13)6-4-3-5-7-12/h2-11,13H2,1H3. The summed E-state index contributed by atoms with van der Waals surface area (Å²) in [7, 11) is -2.83. The molecule has 1 fully saturated rings. The van der Waals surface area contributed by atoms with Crippen LogP contribution in [0.4, 0.5) is 0 Å². The van der Waals surface area contributed by atoms with Crippen LogP contribution in [0.25, 0.3) is 0 Å². The van der Waals surface area contributed by atoms with E-state index in [1.54, 1.807) is 0 Å². The van der Waals surface area contributed by atoms with Crippen molar-refractivity contribution in [2.75, 3.05) is 18.1 Å². The lowest BCUT2D eigenvalue weighted by Crippen LogP contribution is -2.35. The quantitative estimate of drug-likeness (QED) is 0.782. The molecule has 4 heteroatoms. The van der Waals surface area contributed by atoms with Gasteiger partial charge in [-0.25, -0.2) is 8.42 Å². The maximum Gasteiger partial charge on any atom is 0.150 e. The van der Waals surface area contributed by atoms with Crippen molar-refractivity contribution in [1.29, 1.82) is 0 Å². The fraction of sp³-hybridized carbons (Fsp3) is 1.00. The van der Waals surface area contributed by atoms with E-state index in [4.69, 9.17) is 5.73 Å². The van der Waals surface area contributed by atoms with Gasteiger partial charge >= 0.3 is 0 Å². The van der Waals surface area contributed by atoms with Crippen LogP contribution >= 0.6 is 0 Å². The van der Waals surface area contributed by atoms with Gasteiger partial charge in [0.1, 0.15) is 9.84 Å². The summed E-state index contributed by atoms with van der Waals surface area (Å²) in [6, 6.07) is 0. The van der Waals surface area contributed by atoms with Crippen LogP contribution in [0.3, 0.4) is 0 Å². The molecule has 0 atom stereocenters. The highest BCUT2D eigenvalue weighted by Crippen LogP contribution is 2.38. The number of sulfone groups is 1. The second kappa shape index (κ2) is 6.01. The van der Waals surface area contributed by atoms with Crippen LogP contribution in [-0.2, 0) is 9.84 Å². The Kier molecular flexibility index (Phi) is 5.25. The molecule has 0 radical (unpaired) electrons. The second-order valence-corrected chi connectivity index (χ2v) is 7.47. The van der Waals surface area contributed by atoms with Gasteiger partial charge < -0.3 is 5.73 Å². The molecule has 0 saturated heterocycles. The highest BCUT2D eigenvalue weighted by atomic mass is 32.2. The van der Waals surface area contributed by atoms with Crippen molar-refractivity contribution in [1.82, 2.24) is 0 Å². The van der Waals surface area contributed by atoms with E-state index < -0.39 is 9.84 Å². The lowest BCUT2D eigenvalue weighted by atomic mass is 9.72. The molecule has 1 saturated carbocycles. The van der Waals surface area contributed by atoms with Crippen LogP contribution in [-0.4, -0.2) is 26.5 Å². The van der Waals surface area contributed by atoms with Gasteiger partial charge in [-0.05, 0) is 37.6 Å². The largest absolute Gasteiger partial charge is 0.330 e. The fourth-order valence-corrected chi connectivity index (χ4v) is 4.21. The molecular weight excluding hydrogens is 222 g/mol. The molecule has 96 valence electrons. The molecule has 0 spiro atoms. The molecule has 0 aromatic heterocycles. The average molecular weight is 247 g/mol. The highest BCUT2D eigenvalue weighted by molar-refractivity contribution is 7.91. The normalized spacial score (nSPS) is 20.9. The Morgan fingerprint density at radius 1 is 1.12 bits per heavy atom. The van der Waals surface area contributed by atoms with Gasteiger partial charge in [0, 0.05) is 5.75 Å². The lowest BCUT2D eigenvalue weighted by Gasteiger charge is -2.36. The van der Waals surface area contributed by atoms with Crippen molar-refractivity contribution in [3.63, 3.8) is 0 Å². The molecular formula is C12H25NO2S. The second-order valence-electron chi connectivity index (χ2n) is 5.17. The van der Waals surface area contributed by atoms with E-state index in [0.29, 0.717) is 18.1 Å². The Labute approximate surface area is 99.7 Å². The van der Waals surface area contributed by atoms with Crippen molar-refractivity contribution in [3.05, 3.63) is 0 Å². The summed E-state index contributed by atoms with van der Waals surface area (Å²) >= 11 is 0. The average Bonchev–Trinajstić information content (AvgIpc) is 2.28. The van der Waals surface area contributed by atoms with Crippen molar-refractivity contribution in [2.24, 2.45) is 11.1 Å². The Bertz CT molecular complexity index is 292. The van der Waals surface area contributed by atoms with E-state index in [-0.39, 0.29) is 5.41 Å². The van der Waals surface area contributed by atoms with Crippen molar-refractivity contribution >= 4 is 9.84 Å². The summed E-state index contributed by atoms with van der Waals surface area (Å²) < 4.78 is 23.4. The van der Waals surface area contributed by atoms with E-state index >= 15 is 0 Å². The predicted molar refractivity (Wildman–Crippen MR) is 68.1 cm³/mol. The number of nitrogens with two attached hydrogens (primary N) is 1. The molecule has 0 heterocycles. The molecule has 0 bridgehead atoms. The highest BCUT2D eigenvalue weighted by Gasteiger charge is 2.31. The van der Waals surface area contributed by atoms with Crippen LogP contribution in [0.15, 0.2) is 0 Å². The number of hydrogen-bond donors (Lipinski definition) is 1. The molecule has 16 heavy (non-hydrogen) atoms. The van der Waals surface area contributed by atoms with E-state index in [1.807, 2.05) is 6.92 Å². The molecule has 0 aromatic carbocycles. The maximum absolute atomic E-state index is 11.7. The Hall–Kier alpha value is -0.0900. The Morgan fingerprint density at radius 2 is 1.75 bits per heavy atom. The van der Waals surface area contributed by atoms with Gasteiger partial charge in [-0.2, -0.15) is 0 Å². The van der Waals surface area contributed by atoms with Gasteiger partial charge in [0.25, 0.3) is 0 Å². The van der Waals surface area contributed by atoms with Gasteiger partial charge in [-0.15, -0.1) is 0 Å². The van der Waals surface area contributed by atoms with E-state index in [0.717, 1.165) is 25.7 Å². The zero-order chi connectivity index (χ0) is 12.1. The SMILES string of the molecule is CCCS(=O)(=O)CCC1(CN)CCCCC1. The van der Waals surface area contributed by atoms with Gasteiger partial charge in [-0.1, -0.05) is 26.2 Å². The third-order valence-electron chi connectivity index (χ3n) is 3.81. The Morgan fingerprint density at radius 3 is 2.25 bits per heavy atom. The van der Waals surface area contributed by atoms with Gasteiger partial charge in [-0.3, -0.25) is 0 Å². The fourth-order valence-electron chi connectivity index (χ4n) is 2.64. The van der Waals surface area contributed by atoms with E-state index in [1.165, 1.54) is 19.3 Å². The van der Waals surface area contributed by atoms with Crippen LogP contribution < -0.4 is 5.73 Å². The van der Waals surface area contributed by atoms with Gasteiger partial charge in [0.2, 0.25) is 0 Å². The monoisotopic (exact) mass is 247 g/mol. The first kappa shape index (κ1) is 14.0. The molecule has 0 amide bonds. The zero-order valence-electron chi connectivity index (χ0n) is 10.4. The number of hydrogen-bond acceptors (Lipinski definition) is 3. The van der Waals surface area contributed by atoms with Crippen molar-refractivity contribution < 1.29 is 8.42 Å². The molecule has 0 unspecified atom stereocenters. The van der Waals surface area contributed by atoms with Crippen LogP contribution in [0.1, 0.15) is 51.9 Å². The topological polar surface area (TPSA) is 60.2 Å². The third-order valence-corrected chi connectivity index (χ3v) is 5.66. The summed E-state index contributed by atoms with van der Waals surface area (Å²) in [5.41, 5.74) is 5.97. The van der Waals surface area contributed by atoms with Crippen LogP contribution in [0.5, 0.6) is 0 Å². The number of rotatable bonds is 6. The van der Waals surface area contributed by atoms with E-state index in [2.05, 4.69) is 0 Å². The molecule has 1 aliphatic carbocycles. The molecule has 3 nitrogen and oxygen atoms in total. The summed E-state index contributed by atoms with van der Waals surface area (Å²) in [5.74, 6) is 0.658. The summed E-state index contributed by atoms with van der Waals surface area (Å²) in [5, 5.41) is 0. The predicted octanol–water partition coefficient (Wildman–Crippen LogP) is 2.11. The molecule has 1 rings (SSSR count).